The molecule has 6 heteroatoms. The van der Waals surface area contributed by atoms with Crippen molar-refractivity contribution in [1.29, 1.82) is 0 Å². The van der Waals surface area contributed by atoms with Crippen LogP contribution in [0.1, 0.15) is 12.6 Å². The number of hydrogen-bond acceptors (Lipinski definition) is 6. The fourth-order valence-electron chi connectivity index (χ4n) is 1.23. The number of nitrogens with zero attached hydrogens (tertiary/aromatic N) is 3. The number of aromatic nitrogens is 3. The quantitative estimate of drug-likeness (QED) is 0.793. The van der Waals surface area contributed by atoms with Gasteiger partial charge < -0.3 is 15.2 Å². The van der Waals surface area contributed by atoms with Gasteiger partial charge in [-0.25, -0.2) is 4.98 Å². The lowest BCUT2D eigenvalue weighted by atomic mass is 10.4. The van der Waals surface area contributed by atoms with Crippen LogP contribution in [-0.4, -0.2) is 21.7 Å². The molecular formula is C10H13N5O. The summed E-state index contributed by atoms with van der Waals surface area (Å²) >= 11 is 0. The molecule has 0 unspecified atom stereocenters. The molecule has 0 fully saturated rings. The first-order valence-electron chi connectivity index (χ1n) is 5.07. The van der Waals surface area contributed by atoms with E-state index in [0.29, 0.717) is 12.4 Å². The summed E-state index contributed by atoms with van der Waals surface area (Å²) < 4.78 is 4.73. The van der Waals surface area contributed by atoms with E-state index >= 15 is 0 Å². The van der Waals surface area contributed by atoms with Crippen LogP contribution in [0.2, 0.25) is 0 Å². The summed E-state index contributed by atoms with van der Waals surface area (Å²) in [5, 5.41) is 9.99. The van der Waals surface area contributed by atoms with Gasteiger partial charge in [-0.1, -0.05) is 5.16 Å². The van der Waals surface area contributed by atoms with Crippen LogP contribution >= 0.6 is 0 Å². The molecule has 84 valence electrons. The van der Waals surface area contributed by atoms with Crippen LogP contribution in [0, 0.1) is 0 Å². The maximum Gasteiger partial charge on any atom is 0.147 e. The van der Waals surface area contributed by atoms with Gasteiger partial charge in [0.05, 0.1) is 18.9 Å². The first-order valence-corrected chi connectivity index (χ1v) is 5.07. The molecule has 0 radical (unpaired) electrons. The molecule has 0 saturated carbocycles. The van der Waals surface area contributed by atoms with Crippen molar-refractivity contribution in [2.24, 2.45) is 0 Å². The van der Waals surface area contributed by atoms with Crippen molar-refractivity contribution in [2.45, 2.75) is 13.5 Å². The molecule has 0 aromatic carbocycles. The standard InChI is InChI=1S/C10H13N5O/c1-2-12-9-6-11-7-10(14-9)13-5-8-3-4-16-15-8/h3-4,6-7H,2,5H2,1H3,(H2,12,13,14). The third-order valence-electron chi connectivity index (χ3n) is 1.93. The minimum absolute atomic E-state index is 0.570. The normalized spacial score (nSPS) is 10.1. The monoisotopic (exact) mass is 219 g/mol. The Hall–Kier alpha value is -2.11. The van der Waals surface area contributed by atoms with E-state index in [0.717, 1.165) is 18.1 Å². The van der Waals surface area contributed by atoms with Crippen molar-refractivity contribution in [3.8, 4) is 0 Å². The summed E-state index contributed by atoms with van der Waals surface area (Å²) in [6.07, 6.45) is 4.89. The average Bonchev–Trinajstić information content (AvgIpc) is 2.80. The van der Waals surface area contributed by atoms with Crippen molar-refractivity contribution in [3.05, 3.63) is 30.4 Å². The van der Waals surface area contributed by atoms with E-state index in [1.165, 1.54) is 6.26 Å². The van der Waals surface area contributed by atoms with Gasteiger partial charge in [0.25, 0.3) is 0 Å². The molecule has 0 aliphatic heterocycles. The zero-order valence-corrected chi connectivity index (χ0v) is 8.97. The Kier molecular flexibility index (Phi) is 3.32. The largest absolute Gasteiger partial charge is 0.369 e. The van der Waals surface area contributed by atoms with E-state index < -0.39 is 0 Å². The van der Waals surface area contributed by atoms with Crippen LogP contribution in [0.15, 0.2) is 29.2 Å². The van der Waals surface area contributed by atoms with Gasteiger partial charge >= 0.3 is 0 Å². The lowest BCUT2D eigenvalue weighted by Gasteiger charge is -2.05. The molecule has 0 atom stereocenters. The summed E-state index contributed by atoms with van der Waals surface area (Å²) in [5.74, 6) is 1.47. The highest BCUT2D eigenvalue weighted by Crippen LogP contribution is 2.07. The highest BCUT2D eigenvalue weighted by atomic mass is 16.5. The molecule has 2 aromatic rings. The van der Waals surface area contributed by atoms with E-state index in [2.05, 4.69) is 25.8 Å². The Balaban J connectivity index is 1.96. The average molecular weight is 219 g/mol. The zero-order valence-electron chi connectivity index (χ0n) is 8.97. The van der Waals surface area contributed by atoms with Crippen LogP contribution in [0.25, 0.3) is 0 Å². The number of anilines is 2. The predicted molar refractivity (Wildman–Crippen MR) is 60.0 cm³/mol. The molecule has 2 aromatic heterocycles. The van der Waals surface area contributed by atoms with Crippen LogP contribution in [-0.2, 0) is 6.54 Å². The Morgan fingerprint density at radius 2 is 2.06 bits per heavy atom. The van der Waals surface area contributed by atoms with Crippen LogP contribution in [0.5, 0.6) is 0 Å². The second-order valence-corrected chi connectivity index (χ2v) is 3.16. The van der Waals surface area contributed by atoms with Crippen molar-refractivity contribution in [3.63, 3.8) is 0 Å². The van der Waals surface area contributed by atoms with Gasteiger partial charge in [-0.15, -0.1) is 0 Å². The predicted octanol–water partition coefficient (Wildman–Crippen LogP) is 1.51. The maximum absolute atomic E-state index is 4.73. The summed E-state index contributed by atoms with van der Waals surface area (Å²) in [4.78, 5) is 8.39. The molecule has 0 aliphatic carbocycles. The minimum Gasteiger partial charge on any atom is -0.369 e. The highest BCUT2D eigenvalue weighted by molar-refractivity contribution is 5.41. The minimum atomic E-state index is 0.570. The van der Waals surface area contributed by atoms with Gasteiger partial charge in [0, 0.05) is 12.6 Å². The fraction of sp³-hybridized carbons (Fsp3) is 0.300. The molecule has 2 N–H and O–H groups in total. The first kappa shape index (κ1) is 10.4. The molecular weight excluding hydrogens is 206 g/mol. The lowest BCUT2D eigenvalue weighted by molar-refractivity contribution is 0.412. The van der Waals surface area contributed by atoms with Gasteiger partial charge in [-0.2, -0.15) is 0 Å². The second kappa shape index (κ2) is 5.11. The fourth-order valence-corrected chi connectivity index (χ4v) is 1.23. The second-order valence-electron chi connectivity index (χ2n) is 3.16. The number of rotatable bonds is 5. The van der Waals surface area contributed by atoms with Crippen molar-refractivity contribution in [1.82, 2.24) is 15.1 Å². The van der Waals surface area contributed by atoms with Crippen LogP contribution in [0.3, 0.4) is 0 Å². The van der Waals surface area contributed by atoms with Crippen molar-refractivity contribution < 1.29 is 4.52 Å². The Morgan fingerprint density at radius 3 is 2.75 bits per heavy atom. The van der Waals surface area contributed by atoms with Gasteiger partial charge in [0.2, 0.25) is 0 Å². The lowest BCUT2D eigenvalue weighted by Crippen LogP contribution is -2.05. The topological polar surface area (TPSA) is 75.9 Å². The summed E-state index contributed by atoms with van der Waals surface area (Å²) in [6.45, 7) is 3.40. The Bertz CT molecular complexity index is 429. The van der Waals surface area contributed by atoms with Crippen molar-refractivity contribution >= 4 is 11.6 Å². The van der Waals surface area contributed by atoms with E-state index in [1.54, 1.807) is 18.5 Å². The molecule has 2 heterocycles. The Labute approximate surface area is 93.1 Å². The summed E-state index contributed by atoms with van der Waals surface area (Å²) in [7, 11) is 0. The van der Waals surface area contributed by atoms with Gasteiger partial charge in [-0.05, 0) is 6.92 Å². The van der Waals surface area contributed by atoms with E-state index in [9.17, 15) is 0 Å². The number of hydrogen-bond donors (Lipinski definition) is 2. The highest BCUT2D eigenvalue weighted by Gasteiger charge is 1.99. The van der Waals surface area contributed by atoms with Crippen LogP contribution < -0.4 is 10.6 Å². The van der Waals surface area contributed by atoms with Crippen LogP contribution in [0.4, 0.5) is 11.6 Å². The van der Waals surface area contributed by atoms with E-state index in [4.69, 9.17) is 4.52 Å². The first-order chi connectivity index (χ1) is 7.88. The van der Waals surface area contributed by atoms with E-state index in [1.807, 2.05) is 6.92 Å². The zero-order chi connectivity index (χ0) is 11.2. The number of nitrogens with one attached hydrogen (secondary N) is 2. The summed E-state index contributed by atoms with van der Waals surface area (Å²) in [5.41, 5.74) is 0.829. The van der Waals surface area contributed by atoms with Gasteiger partial charge in [0.15, 0.2) is 0 Å². The molecule has 6 nitrogen and oxygen atoms in total. The molecule has 0 bridgehead atoms. The summed E-state index contributed by atoms with van der Waals surface area (Å²) in [6, 6.07) is 1.80. The van der Waals surface area contributed by atoms with E-state index in [-0.39, 0.29) is 0 Å². The molecule has 2 rings (SSSR count). The molecule has 0 saturated heterocycles. The Morgan fingerprint density at radius 1 is 1.25 bits per heavy atom. The molecule has 0 spiro atoms. The maximum atomic E-state index is 4.73. The third kappa shape index (κ3) is 2.69. The smallest absolute Gasteiger partial charge is 0.147 e. The van der Waals surface area contributed by atoms with Gasteiger partial charge in [-0.3, -0.25) is 4.98 Å². The van der Waals surface area contributed by atoms with Crippen molar-refractivity contribution in [2.75, 3.05) is 17.2 Å². The molecule has 0 amide bonds. The molecule has 16 heavy (non-hydrogen) atoms. The van der Waals surface area contributed by atoms with Gasteiger partial charge in [0.1, 0.15) is 23.6 Å². The molecule has 0 aliphatic rings. The third-order valence-corrected chi connectivity index (χ3v) is 1.93. The SMILES string of the molecule is CCNc1cncc(NCc2ccon2)n1.